The van der Waals surface area contributed by atoms with Gasteiger partial charge in [0.15, 0.2) is 0 Å². The van der Waals surface area contributed by atoms with Crippen LogP contribution in [-0.2, 0) is 4.79 Å². The Labute approximate surface area is 143 Å². The van der Waals surface area contributed by atoms with Crippen molar-refractivity contribution in [1.82, 2.24) is 15.5 Å². The molecule has 1 aliphatic rings. The van der Waals surface area contributed by atoms with Crippen LogP contribution < -0.4 is 10.6 Å². The van der Waals surface area contributed by atoms with Gasteiger partial charge in [0.1, 0.15) is 0 Å². The SMILES string of the molecule is CN(C)C(CNC(=O)C1CCCCN1)c1cccs1.Cl.Cl. The van der Waals surface area contributed by atoms with E-state index in [2.05, 4.69) is 47.1 Å². The van der Waals surface area contributed by atoms with Gasteiger partial charge < -0.3 is 15.5 Å². The topological polar surface area (TPSA) is 44.4 Å². The molecule has 2 atom stereocenters. The molecule has 1 aliphatic heterocycles. The number of nitrogens with zero attached hydrogens (tertiary/aromatic N) is 1. The summed E-state index contributed by atoms with van der Waals surface area (Å²) in [4.78, 5) is 15.6. The lowest BCUT2D eigenvalue weighted by Gasteiger charge is -2.26. The van der Waals surface area contributed by atoms with Gasteiger partial charge in [-0.25, -0.2) is 0 Å². The number of thiophene rings is 1. The molecule has 0 aromatic carbocycles. The Morgan fingerprint density at radius 1 is 1.48 bits per heavy atom. The van der Waals surface area contributed by atoms with Crippen LogP contribution in [0.3, 0.4) is 0 Å². The van der Waals surface area contributed by atoms with Crippen LogP contribution in [0.15, 0.2) is 17.5 Å². The number of carbonyl (C=O) groups is 1. The van der Waals surface area contributed by atoms with Gasteiger partial charge >= 0.3 is 0 Å². The molecule has 1 fully saturated rings. The van der Waals surface area contributed by atoms with E-state index in [0.717, 1.165) is 19.4 Å². The summed E-state index contributed by atoms with van der Waals surface area (Å²) in [6.45, 7) is 1.63. The first-order chi connectivity index (χ1) is 9.18. The van der Waals surface area contributed by atoms with E-state index < -0.39 is 0 Å². The molecule has 122 valence electrons. The standard InChI is InChI=1S/C14H23N3OS.2ClH/c1-17(2)12(13-7-5-9-19-13)10-16-14(18)11-6-3-4-8-15-11;;/h5,7,9,11-12,15H,3-4,6,8,10H2,1-2H3,(H,16,18);2*1H. The maximum Gasteiger partial charge on any atom is 0.237 e. The number of hydrogen-bond acceptors (Lipinski definition) is 4. The third-order valence-electron chi connectivity index (χ3n) is 3.59. The van der Waals surface area contributed by atoms with E-state index in [1.807, 2.05) is 0 Å². The molecule has 0 radical (unpaired) electrons. The molecular weight excluding hydrogens is 329 g/mol. The highest BCUT2D eigenvalue weighted by atomic mass is 35.5. The molecular formula is C14H25Cl2N3OS. The monoisotopic (exact) mass is 353 g/mol. The van der Waals surface area contributed by atoms with Crippen molar-refractivity contribution < 1.29 is 4.79 Å². The molecule has 1 saturated heterocycles. The lowest BCUT2D eigenvalue weighted by molar-refractivity contribution is -0.123. The quantitative estimate of drug-likeness (QED) is 0.854. The maximum atomic E-state index is 12.1. The number of carbonyl (C=O) groups excluding carboxylic acids is 1. The zero-order chi connectivity index (χ0) is 13.7. The highest BCUT2D eigenvalue weighted by Crippen LogP contribution is 2.22. The molecule has 0 bridgehead atoms. The van der Waals surface area contributed by atoms with E-state index >= 15 is 0 Å². The summed E-state index contributed by atoms with van der Waals surface area (Å²) in [5.41, 5.74) is 0. The van der Waals surface area contributed by atoms with E-state index in [1.165, 1.54) is 11.3 Å². The Balaban J connectivity index is 0.00000200. The van der Waals surface area contributed by atoms with Crippen molar-refractivity contribution in [2.45, 2.75) is 31.3 Å². The summed E-state index contributed by atoms with van der Waals surface area (Å²) < 4.78 is 0. The van der Waals surface area contributed by atoms with Crippen LogP contribution in [-0.4, -0.2) is 44.0 Å². The maximum absolute atomic E-state index is 12.1. The van der Waals surface area contributed by atoms with Gasteiger partial charge in [-0.1, -0.05) is 12.5 Å². The molecule has 0 saturated carbocycles. The van der Waals surface area contributed by atoms with Gasteiger partial charge in [0.2, 0.25) is 5.91 Å². The molecule has 2 N–H and O–H groups in total. The minimum absolute atomic E-state index is 0. The third-order valence-corrected chi connectivity index (χ3v) is 4.56. The minimum atomic E-state index is -0.0000945. The molecule has 0 aliphatic carbocycles. The lowest BCUT2D eigenvalue weighted by Crippen LogP contribution is -2.48. The van der Waals surface area contributed by atoms with E-state index in [0.29, 0.717) is 6.54 Å². The Morgan fingerprint density at radius 2 is 2.24 bits per heavy atom. The Morgan fingerprint density at radius 3 is 2.76 bits per heavy atom. The summed E-state index contributed by atoms with van der Waals surface area (Å²) in [7, 11) is 4.10. The fourth-order valence-corrected chi connectivity index (χ4v) is 3.34. The molecule has 2 heterocycles. The number of amides is 1. The highest BCUT2D eigenvalue weighted by Gasteiger charge is 2.22. The molecule has 7 heteroatoms. The summed E-state index contributed by atoms with van der Waals surface area (Å²) in [5, 5.41) is 8.45. The van der Waals surface area contributed by atoms with Crippen molar-refractivity contribution >= 4 is 42.1 Å². The van der Waals surface area contributed by atoms with Crippen LogP contribution >= 0.6 is 36.2 Å². The van der Waals surface area contributed by atoms with Crippen molar-refractivity contribution in [3.8, 4) is 0 Å². The first kappa shape index (κ1) is 20.7. The summed E-state index contributed by atoms with van der Waals surface area (Å²) in [6.07, 6.45) is 3.28. The number of hydrogen-bond donors (Lipinski definition) is 2. The largest absolute Gasteiger partial charge is 0.353 e. The fraction of sp³-hybridized carbons (Fsp3) is 0.643. The van der Waals surface area contributed by atoms with Gasteiger partial charge in [-0.2, -0.15) is 0 Å². The normalized spacial score (nSPS) is 19.3. The number of nitrogens with one attached hydrogen (secondary N) is 2. The summed E-state index contributed by atoms with van der Waals surface area (Å²) in [5.74, 6) is 0.142. The Bertz CT molecular complexity index is 395. The van der Waals surface area contributed by atoms with Gasteiger partial charge in [0.05, 0.1) is 12.1 Å². The molecule has 4 nitrogen and oxygen atoms in total. The molecule has 1 amide bonds. The molecule has 1 aromatic rings. The Hall–Kier alpha value is -0.330. The van der Waals surface area contributed by atoms with Gasteiger partial charge in [-0.3, -0.25) is 4.79 Å². The van der Waals surface area contributed by atoms with Gasteiger partial charge in [0.25, 0.3) is 0 Å². The number of piperidine rings is 1. The van der Waals surface area contributed by atoms with E-state index in [9.17, 15) is 4.79 Å². The zero-order valence-electron chi connectivity index (χ0n) is 12.5. The summed E-state index contributed by atoms with van der Waals surface area (Å²) >= 11 is 1.74. The van der Waals surface area contributed by atoms with Crippen molar-refractivity contribution in [3.63, 3.8) is 0 Å². The second-order valence-electron chi connectivity index (χ2n) is 5.24. The predicted molar refractivity (Wildman–Crippen MR) is 93.9 cm³/mol. The first-order valence-corrected chi connectivity index (χ1v) is 7.77. The summed E-state index contributed by atoms with van der Waals surface area (Å²) in [6, 6.07) is 4.44. The van der Waals surface area contributed by atoms with Crippen LogP contribution in [0.25, 0.3) is 0 Å². The van der Waals surface area contributed by atoms with Crippen LogP contribution in [0.2, 0.25) is 0 Å². The smallest absolute Gasteiger partial charge is 0.237 e. The lowest BCUT2D eigenvalue weighted by atomic mass is 10.0. The van der Waals surface area contributed by atoms with Crippen LogP contribution in [0.4, 0.5) is 0 Å². The number of halogens is 2. The zero-order valence-corrected chi connectivity index (χ0v) is 15.0. The predicted octanol–water partition coefficient (Wildman–Crippen LogP) is 2.45. The number of rotatable bonds is 5. The average Bonchev–Trinajstić information content (AvgIpc) is 2.93. The van der Waals surface area contributed by atoms with Gasteiger partial charge in [-0.15, -0.1) is 36.2 Å². The second kappa shape index (κ2) is 10.4. The molecule has 1 aromatic heterocycles. The molecule has 21 heavy (non-hydrogen) atoms. The van der Waals surface area contributed by atoms with Crippen LogP contribution in [0.5, 0.6) is 0 Å². The third kappa shape index (κ3) is 6.12. The molecule has 2 unspecified atom stereocenters. The Kier molecular flexibility index (Phi) is 10.2. The second-order valence-corrected chi connectivity index (χ2v) is 6.22. The molecule has 0 spiro atoms. The van der Waals surface area contributed by atoms with E-state index in [4.69, 9.17) is 0 Å². The van der Waals surface area contributed by atoms with Gasteiger partial charge in [-0.05, 0) is 44.9 Å². The van der Waals surface area contributed by atoms with Crippen molar-refractivity contribution in [2.24, 2.45) is 0 Å². The fourth-order valence-electron chi connectivity index (χ4n) is 2.41. The van der Waals surface area contributed by atoms with Crippen molar-refractivity contribution in [3.05, 3.63) is 22.4 Å². The van der Waals surface area contributed by atoms with E-state index in [-0.39, 0.29) is 42.8 Å². The first-order valence-electron chi connectivity index (χ1n) is 6.89. The van der Waals surface area contributed by atoms with Gasteiger partial charge in [0, 0.05) is 11.4 Å². The number of likely N-dealkylation sites (N-methyl/N-ethyl adjacent to an activating group) is 1. The molecule has 2 rings (SSSR count). The van der Waals surface area contributed by atoms with Crippen molar-refractivity contribution in [1.29, 1.82) is 0 Å². The van der Waals surface area contributed by atoms with Crippen LogP contribution in [0, 0.1) is 0 Å². The highest BCUT2D eigenvalue weighted by molar-refractivity contribution is 7.10. The van der Waals surface area contributed by atoms with Crippen molar-refractivity contribution in [2.75, 3.05) is 27.2 Å². The minimum Gasteiger partial charge on any atom is -0.353 e. The van der Waals surface area contributed by atoms with E-state index in [1.54, 1.807) is 11.3 Å². The van der Waals surface area contributed by atoms with Crippen LogP contribution in [0.1, 0.15) is 30.2 Å². The average molecular weight is 354 g/mol.